The molecule has 0 aromatic carbocycles. The molecule has 0 radical (unpaired) electrons. The van der Waals surface area contributed by atoms with Crippen LogP contribution in [0, 0.1) is 12.8 Å². The molecule has 0 atom stereocenters. The van der Waals surface area contributed by atoms with Gasteiger partial charge in [-0.1, -0.05) is 37.0 Å². The van der Waals surface area contributed by atoms with Crippen molar-refractivity contribution >= 4 is 17.2 Å². The predicted molar refractivity (Wildman–Crippen MR) is 82.1 cm³/mol. The lowest BCUT2D eigenvalue weighted by atomic mass is 10.0. The summed E-state index contributed by atoms with van der Waals surface area (Å²) in [6.07, 6.45) is 8.21. The van der Waals surface area contributed by atoms with E-state index in [-0.39, 0.29) is 10.8 Å². The van der Waals surface area contributed by atoms with Crippen LogP contribution in [0.2, 0.25) is 0 Å². The Balaban J connectivity index is 1.59. The molecule has 2 rings (SSSR count). The molecule has 1 aliphatic rings. The first-order valence-corrected chi connectivity index (χ1v) is 8.46. The van der Waals surface area contributed by atoms with E-state index in [1.165, 1.54) is 43.4 Å². The monoisotopic (exact) mass is 296 g/mol. The van der Waals surface area contributed by atoms with E-state index < -0.39 is 0 Å². The van der Waals surface area contributed by atoms with Gasteiger partial charge in [0, 0.05) is 30.6 Å². The topological polar surface area (TPSA) is 51.1 Å². The summed E-state index contributed by atoms with van der Waals surface area (Å²) in [5.74, 6) is 0.938. The fourth-order valence-electron chi connectivity index (χ4n) is 2.89. The van der Waals surface area contributed by atoms with Crippen molar-refractivity contribution in [3.05, 3.63) is 20.7 Å². The number of hydrogen-bond donors (Lipinski definition) is 1. The Hall–Kier alpha value is -1.10. The Morgan fingerprint density at radius 1 is 1.45 bits per heavy atom. The number of carbonyl (C=O) groups excluding carboxylic acids is 1. The van der Waals surface area contributed by atoms with Gasteiger partial charge >= 0.3 is 4.87 Å². The Morgan fingerprint density at radius 3 is 2.85 bits per heavy atom. The van der Waals surface area contributed by atoms with Crippen LogP contribution < -0.4 is 10.2 Å². The summed E-state index contributed by atoms with van der Waals surface area (Å²) >= 11 is 1.19. The van der Waals surface area contributed by atoms with Gasteiger partial charge in [0.05, 0.1) is 0 Å². The zero-order valence-electron chi connectivity index (χ0n) is 12.2. The lowest BCUT2D eigenvalue weighted by molar-refractivity contribution is -0.121. The molecule has 0 bridgehead atoms. The van der Waals surface area contributed by atoms with E-state index in [1.54, 1.807) is 4.57 Å². The predicted octanol–water partition coefficient (Wildman–Crippen LogP) is 2.69. The van der Waals surface area contributed by atoms with Crippen LogP contribution >= 0.6 is 11.3 Å². The Morgan fingerprint density at radius 2 is 2.20 bits per heavy atom. The quantitative estimate of drug-likeness (QED) is 0.787. The highest BCUT2D eigenvalue weighted by atomic mass is 32.1. The summed E-state index contributed by atoms with van der Waals surface area (Å²) < 4.78 is 1.67. The van der Waals surface area contributed by atoms with Gasteiger partial charge in [0.25, 0.3) is 0 Å². The molecule has 1 amide bonds. The fourth-order valence-corrected chi connectivity index (χ4v) is 3.66. The molecule has 5 heteroatoms. The second-order valence-electron chi connectivity index (χ2n) is 5.69. The molecule has 0 aliphatic heterocycles. The third kappa shape index (κ3) is 4.47. The highest BCUT2D eigenvalue weighted by Crippen LogP contribution is 2.28. The van der Waals surface area contributed by atoms with Crippen LogP contribution in [-0.2, 0) is 11.3 Å². The van der Waals surface area contributed by atoms with Gasteiger partial charge in [-0.05, 0) is 25.7 Å². The lowest BCUT2D eigenvalue weighted by Crippen LogP contribution is -2.27. The molecule has 1 fully saturated rings. The van der Waals surface area contributed by atoms with E-state index in [0.29, 0.717) is 13.0 Å². The van der Waals surface area contributed by atoms with E-state index in [1.807, 2.05) is 12.3 Å². The van der Waals surface area contributed by atoms with Gasteiger partial charge in [-0.2, -0.15) is 0 Å². The van der Waals surface area contributed by atoms with Crippen LogP contribution in [0.1, 0.15) is 50.6 Å². The van der Waals surface area contributed by atoms with Gasteiger partial charge in [0.1, 0.15) is 0 Å². The van der Waals surface area contributed by atoms with Gasteiger partial charge in [-0.15, -0.1) is 0 Å². The number of nitrogens with zero attached hydrogens (tertiary/aromatic N) is 1. The van der Waals surface area contributed by atoms with Crippen molar-refractivity contribution in [1.29, 1.82) is 0 Å². The number of aromatic nitrogens is 1. The molecule has 1 aromatic rings. The average molecular weight is 296 g/mol. The zero-order valence-corrected chi connectivity index (χ0v) is 13.0. The molecule has 20 heavy (non-hydrogen) atoms. The third-order valence-corrected chi connectivity index (χ3v) is 5.01. The third-order valence-electron chi connectivity index (χ3n) is 4.12. The van der Waals surface area contributed by atoms with E-state index in [0.717, 1.165) is 24.6 Å². The Bertz CT molecular complexity index is 486. The maximum absolute atomic E-state index is 11.7. The first-order valence-electron chi connectivity index (χ1n) is 7.58. The molecule has 1 heterocycles. The number of hydrogen-bond acceptors (Lipinski definition) is 3. The maximum atomic E-state index is 11.7. The van der Waals surface area contributed by atoms with Crippen LogP contribution in [0.4, 0.5) is 0 Å². The molecule has 112 valence electrons. The van der Waals surface area contributed by atoms with Gasteiger partial charge < -0.3 is 9.88 Å². The van der Waals surface area contributed by atoms with Crippen molar-refractivity contribution in [2.24, 2.45) is 5.92 Å². The van der Waals surface area contributed by atoms with Crippen molar-refractivity contribution < 1.29 is 4.79 Å². The second-order valence-corrected chi connectivity index (χ2v) is 6.51. The molecule has 1 saturated carbocycles. The number of aryl methyl sites for hydroxylation is 1. The van der Waals surface area contributed by atoms with Gasteiger partial charge in [-0.25, -0.2) is 0 Å². The summed E-state index contributed by atoms with van der Waals surface area (Å²) in [6.45, 7) is 3.16. The molecule has 4 nitrogen and oxygen atoms in total. The summed E-state index contributed by atoms with van der Waals surface area (Å²) in [5.41, 5.74) is 0.939. The van der Waals surface area contributed by atoms with Crippen molar-refractivity contribution in [2.75, 3.05) is 6.54 Å². The van der Waals surface area contributed by atoms with E-state index in [2.05, 4.69) is 5.32 Å². The number of nitrogens with one attached hydrogen (secondary N) is 1. The van der Waals surface area contributed by atoms with Crippen LogP contribution in [0.25, 0.3) is 0 Å². The van der Waals surface area contributed by atoms with Gasteiger partial charge in [-0.3, -0.25) is 9.59 Å². The molecule has 1 aliphatic carbocycles. The number of carbonyl (C=O) groups is 1. The first-order chi connectivity index (χ1) is 9.66. The highest BCUT2D eigenvalue weighted by molar-refractivity contribution is 7.07. The standard InChI is InChI=1S/C15H24N2O2S/c1-12-11-20-15(19)17(12)10-8-14(18)16-9-4-7-13-5-2-3-6-13/h11,13H,2-10H2,1H3,(H,16,18). The highest BCUT2D eigenvalue weighted by Gasteiger charge is 2.14. The Labute approximate surface area is 124 Å². The molecule has 0 spiro atoms. The Kier molecular flexibility index (Phi) is 5.83. The minimum absolute atomic E-state index is 0.0246. The molecular formula is C15H24N2O2S. The van der Waals surface area contributed by atoms with Crippen molar-refractivity contribution in [2.45, 2.75) is 58.4 Å². The number of rotatable bonds is 7. The summed E-state index contributed by atoms with van der Waals surface area (Å²) in [6, 6.07) is 0. The number of thiazole rings is 1. The van der Waals surface area contributed by atoms with E-state index in [9.17, 15) is 9.59 Å². The lowest BCUT2D eigenvalue weighted by Gasteiger charge is -2.09. The van der Waals surface area contributed by atoms with E-state index in [4.69, 9.17) is 0 Å². The normalized spacial score (nSPS) is 15.7. The summed E-state index contributed by atoms with van der Waals surface area (Å²) in [7, 11) is 0. The maximum Gasteiger partial charge on any atom is 0.307 e. The van der Waals surface area contributed by atoms with Crippen molar-refractivity contribution in [3.8, 4) is 0 Å². The average Bonchev–Trinajstić information content (AvgIpc) is 3.04. The van der Waals surface area contributed by atoms with Crippen LogP contribution in [0.3, 0.4) is 0 Å². The SMILES string of the molecule is Cc1csc(=O)n1CCC(=O)NCCCC1CCCC1. The van der Waals surface area contributed by atoms with Gasteiger partial charge in [0.2, 0.25) is 5.91 Å². The molecule has 0 unspecified atom stereocenters. The van der Waals surface area contributed by atoms with E-state index >= 15 is 0 Å². The molecule has 1 N–H and O–H groups in total. The molecular weight excluding hydrogens is 272 g/mol. The molecule has 1 aromatic heterocycles. The summed E-state index contributed by atoms with van der Waals surface area (Å²) in [4.78, 5) is 23.3. The molecule has 0 saturated heterocycles. The van der Waals surface area contributed by atoms with Crippen LogP contribution in [0.15, 0.2) is 10.2 Å². The number of amides is 1. The van der Waals surface area contributed by atoms with Crippen LogP contribution in [-0.4, -0.2) is 17.0 Å². The smallest absolute Gasteiger partial charge is 0.307 e. The minimum Gasteiger partial charge on any atom is -0.356 e. The zero-order chi connectivity index (χ0) is 14.4. The van der Waals surface area contributed by atoms with Crippen molar-refractivity contribution in [3.63, 3.8) is 0 Å². The van der Waals surface area contributed by atoms with Gasteiger partial charge in [0.15, 0.2) is 0 Å². The second kappa shape index (κ2) is 7.62. The minimum atomic E-state index is 0.0246. The van der Waals surface area contributed by atoms with Crippen LogP contribution in [0.5, 0.6) is 0 Å². The first kappa shape index (κ1) is 15.3. The fraction of sp³-hybridized carbons (Fsp3) is 0.733. The van der Waals surface area contributed by atoms with Crippen molar-refractivity contribution in [1.82, 2.24) is 9.88 Å². The largest absolute Gasteiger partial charge is 0.356 e. The summed E-state index contributed by atoms with van der Waals surface area (Å²) in [5, 5.41) is 4.79.